The summed E-state index contributed by atoms with van der Waals surface area (Å²) < 4.78 is 21.8. The number of ether oxygens (including phenoxy) is 4. The van der Waals surface area contributed by atoms with Gasteiger partial charge in [-0.15, -0.1) is 0 Å². The third-order valence-electron chi connectivity index (χ3n) is 6.17. The second kappa shape index (κ2) is 10.4. The first-order valence-electron chi connectivity index (χ1n) is 11.0. The first kappa shape index (κ1) is 22.7. The molecule has 9 heteroatoms. The Morgan fingerprint density at radius 2 is 1.66 bits per heavy atom. The van der Waals surface area contributed by atoms with E-state index in [4.69, 9.17) is 24.7 Å². The highest BCUT2D eigenvalue weighted by molar-refractivity contribution is 5.73. The van der Waals surface area contributed by atoms with Crippen LogP contribution >= 0.6 is 0 Å². The van der Waals surface area contributed by atoms with Gasteiger partial charge >= 0.3 is 0 Å². The van der Waals surface area contributed by atoms with Crippen molar-refractivity contribution in [3.05, 3.63) is 30.0 Å². The lowest BCUT2D eigenvalue weighted by Crippen LogP contribution is -2.31. The average Bonchev–Trinajstić information content (AvgIpc) is 3.46. The molecule has 0 radical (unpaired) electrons. The zero-order valence-electron chi connectivity index (χ0n) is 18.7. The molecule has 1 aromatic heterocycles. The number of nitrogens with two attached hydrogens (primary N) is 1. The van der Waals surface area contributed by atoms with Crippen LogP contribution in [-0.4, -0.2) is 68.2 Å². The monoisotopic (exact) mass is 444 g/mol. The molecule has 9 nitrogen and oxygen atoms in total. The second-order valence-electron chi connectivity index (χ2n) is 8.35. The Balaban J connectivity index is 1.59. The summed E-state index contributed by atoms with van der Waals surface area (Å²) in [6.45, 7) is 1.63. The van der Waals surface area contributed by atoms with E-state index in [-0.39, 0.29) is 37.5 Å². The van der Waals surface area contributed by atoms with Gasteiger partial charge in [-0.25, -0.2) is 9.97 Å². The summed E-state index contributed by atoms with van der Waals surface area (Å²) in [5.74, 6) is 0.791. The van der Waals surface area contributed by atoms with Crippen molar-refractivity contribution in [1.29, 1.82) is 0 Å². The van der Waals surface area contributed by atoms with Crippen LogP contribution in [0.2, 0.25) is 0 Å². The molecule has 1 aliphatic carbocycles. The maximum absolute atomic E-state index is 10.6. The first-order valence-corrected chi connectivity index (χ1v) is 11.0. The lowest BCUT2D eigenvalue weighted by atomic mass is 10.0. The molecule has 2 heterocycles. The van der Waals surface area contributed by atoms with Gasteiger partial charge in [0.05, 0.1) is 5.69 Å². The lowest BCUT2D eigenvalue weighted by molar-refractivity contribution is -0.139. The number of methoxy groups -OCH3 is 2. The minimum absolute atomic E-state index is 0.155. The molecular formula is C23H32N4O5. The van der Waals surface area contributed by atoms with Crippen LogP contribution < -0.4 is 10.6 Å². The SMILES string of the molecule is COCO[C@H]1CN(c2ccc(O)c(-c3cc(C4CCCC4)nc(N)n3)c2)C[C@@H]1OCOC. The summed E-state index contributed by atoms with van der Waals surface area (Å²) in [6.07, 6.45) is 4.32. The predicted octanol–water partition coefficient (Wildman–Crippen LogP) is 2.89. The van der Waals surface area contributed by atoms with Crippen LogP contribution in [0.1, 0.15) is 37.3 Å². The standard InChI is InChI=1S/C23H32N4O5/c1-29-13-31-21-11-27(12-22(21)32-14-30-2)16-7-8-20(28)17(9-16)19-10-18(25-23(24)26-19)15-5-3-4-6-15/h7-10,15,21-22,28H,3-6,11-14H2,1-2H3,(H2,24,25,26)/t21-,22-/m0/s1. The van der Waals surface area contributed by atoms with Crippen molar-refractivity contribution < 1.29 is 24.1 Å². The molecule has 4 rings (SSSR count). The van der Waals surface area contributed by atoms with Crippen molar-refractivity contribution in [2.75, 3.05) is 51.5 Å². The summed E-state index contributed by atoms with van der Waals surface area (Å²) in [5, 5.41) is 10.6. The van der Waals surface area contributed by atoms with Gasteiger partial charge in [0.1, 0.15) is 31.5 Å². The Hall–Kier alpha value is -2.46. The second-order valence-corrected chi connectivity index (χ2v) is 8.35. The average molecular weight is 445 g/mol. The van der Waals surface area contributed by atoms with Crippen molar-refractivity contribution >= 4 is 11.6 Å². The molecule has 1 aliphatic heterocycles. The molecule has 0 spiro atoms. The van der Waals surface area contributed by atoms with Gasteiger partial charge in [-0.05, 0) is 37.1 Å². The number of nitrogens with zero attached hydrogens (tertiary/aromatic N) is 3. The minimum Gasteiger partial charge on any atom is -0.507 e. The highest BCUT2D eigenvalue weighted by atomic mass is 16.7. The van der Waals surface area contributed by atoms with Crippen molar-refractivity contribution in [3.8, 4) is 17.0 Å². The summed E-state index contributed by atoms with van der Waals surface area (Å²) in [7, 11) is 3.19. The van der Waals surface area contributed by atoms with E-state index in [1.807, 2.05) is 18.2 Å². The molecule has 1 saturated heterocycles. The third-order valence-corrected chi connectivity index (χ3v) is 6.17. The van der Waals surface area contributed by atoms with Gasteiger partial charge in [0, 0.05) is 50.2 Å². The quantitative estimate of drug-likeness (QED) is 0.564. The number of aromatic nitrogens is 2. The maximum Gasteiger partial charge on any atom is 0.220 e. The summed E-state index contributed by atoms with van der Waals surface area (Å²) in [5.41, 5.74) is 9.19. The fourth-order valence-corrected chi connectivity index (χ4v) is 4.57. The Kier molecular flexibility index (Phi) is 7.41. The van der Waals surface area contributed by atoms with Gasteiger partial charge in [-0.3, -0.25) is 0 Å². The number of rotatable bonds is 9. The van der Waals surface area contributed by atoms with Gasteiger partial charge in [-0.1, -0.05) is 12.8 Å². The number of phenolic OH excluding ortho intramolecular Hbond substituents is 1. The van der Waals surface area contributed by atoms with Gasteiger partial charge in [0.25, 0.3) is 0 Å². The molecule has 2 fully saturated rings. The Morgan fingerprint density at radius 3 is 2.28 bits per heavy atom. The van der Waals surface area contributed by atoms with Gasteiger partial charge < -0.3 is 34.7 Å². The fourth-order valence-electron chi connectivity index (χ4n) is 4.57. The number of aromatic hydroxyl groups is 1. The topological polar surface area (TPSA) is 112 Å². The number of nitrogen functional groups attached to an aromatic ring is 1. The molecule has 2 aliphatic rings. The van der Waals surface area contributed by atoms with Crippen molar-refractivity contribution in [3.63, 3.8) is 0 Å². The molecule has 174 valence electrons. The predicted molar refractivity (Wildman–Crippen MR) is 120 cm³/mol. The van der Waals surface area contributed by atoms with Crippen molar-refractivity contribution in [1.82, 2.24) is 9.97 Å². The van der Waals surface area contributed by atoms with Crippen molar-refractivity contribution in [2.45, 2.75) is 43.8 Å². The molecule has 32 heavy (non-hydrogen) atoms. The highest BCUT2D eigenvalue weighted by Crippen LogP contribution is 2.38. The molecule has 1 aromatic carbocycles. The van der Waals surface area contributed by atoms with Crippen LogP contribution in [0, 0.1) is 0 Å². The van der Waals surface area contributed by atoms with Gasteiger partial charge in [0.15, 0.2) is 0 Å². The highest BCUT2D eigenvalue weighted by Gasteiger charge is 2.35. The number of hydrogen-bond donors (Lipinski definition) is 2. The number of phenols is 1. The largest absolute Gasteiger partial charge is 0.507 e. The fraction of sp³-hybridized carbons (Fsp3) is 0.565. The van der Waals surface area contributed by atoms with Crippen LogP contribution in [0.5, 0.6) is 5.75 Å². The van der Waals surface area contributed by atoms with E-state index in [1.165, 1.54) is 12.8 Å². The van der Waals surface area contributed by atoms with Gasteiger partial charge in [0.2, 0.25) is 5.95 Å². The molecule has 0 amide bonds. The number of anilines is 2. The Bertz CT molecular complexity index is 890. The van der Waals surface area contributed by atoms with Crippen LogP contribution in [0.15, 0.2) is 24.3 Å². The zero-order valence-corrected chi connectivity index (χ0v) is 18.7. The van der Waals surface area contributed by atoms with E-state index in [2.05, 4.69) is 14.9 Å². The first-order chi connectivity index (χ1) is 15.6. The Morgan fingerprint density at radius 1 is 1.00 bits per heavy atom. The van der Waals surface area contributed by atoms with Crippen LogP contribution in [0.4, 0.5) is 11.6 Å². The van der Waals surface area contributed by atoms with E-state index in [0.29, 0.717) is 30.3 Å². The van der Waals surface area contributed by atoms with Crippen LogP contribution in [0.3, 0.4) is 0 Å². The van der Waals surface area contributed by atoms with E-state index >= 15 is 0 Å². The number of hydrogen-bond acceptors (Lipinski definition) is 9. The van der Waals surface area contributed by atoms with Crippen molar-refractivity contribution in [2.24, 2.45) is 0 Å². The maximum atomic E-state index is 10.6. The third kappa shape index (κ3) is 5.12. The molecule has 2 atom stereocenters. The Labute approximate surface area is 188 Å². The van der Waals surface area contributed by atoms with E-state index in [1.54, 1.807) is 20.3 Å². The molecular weight excluding hydrogens is 412 g/mol. The lowest BCUT2D eigenvalue weighted by Gasteiger charge is -2.20. The van der Waals surface area contributed by atoms with E-state index in [0.717, 1.165) is 24.2 Å². The summed E-state index contributed by atoms with van der Waals surface area (Å²) in [4.78, 5) is 11.0. The molecule has 3 N–H and O–H groups in total. The normalized spacial score (nSPS) is 21.5. The zero-order chi connectivity index (χ0) is 22.5. The molecule has 1 saturated carbocycles. The summed E-state index contributed by atoms with van der Waals surface area (Å²) >= 11 is 0. The van der Waals surface area contributed by atoms with Gasteiger partial charge in [-0.2, -0.15) is 0 Å². The molecule has 0 unspecified atom stereocenters. The molecule has 0 bridgehead atoms. The summed E-state index contributed by atoms with van der Waals surface area (Å²) in [6, 6.07) is 7.46. The van der Waals surface area contributed by atoms with Crippen LogP contribution in [-0.2, 0) is 18.9 Å². The number of benzene rings is 1. The minimum atomic E-state index is -0.161. The van der Waals surface area contributed by atoms with E-state index < -0.39 is 0 Å². The smallest absolute Gasteiger partial charge is 0.220 e. The van der Waals surface area contributed by atoms with E-state index in [9.17, 15) is 5.11 Å². The van der Waals surface area contributed by atoms with Crippen LogP contribution in [0.25, 0.3) is 11.3 Å². The molecule has 2 aromatic rings.